The fraction of sp³-hybridized carbons (Fsp3) is 0.417. The summed E-state index contributed by atoms with van der Waals surface area (Å²) >= 11 is 15.4. The predicted molar refractivity (Wildman–Crippen MR) is 78.4 cm³/mol. The normalized spacial score (nSPS) is 23.1. The van der Waals surface area contributed by atoms with Crippen LogP contribution in [0.15, 0.2) is 16.6 Å². The van der Waals surface area contributed by atoms with Gasteiger partial charge < -0.3 is 10.6 Å². The summed E-state index contributed by atoms with van der Waals surface area (Å²) in [5.41, 5.74) is 0.00729. The maximum absolute atomic E-state index is 12.2. The van der Waals surface area contributed by atoms with Gasteiger partial charge in [-0.3, -0.25) is 4.79 Å². The van der Waals surface area contributed by atoms with Crippen LogP contribution in [0.3, 0.4) is 0 Å². The molecule has 2 rings (SSSR count). The average Bonchev–Trinajstić information content (AvgIpc) is 2.78. The minimum absolute atomic E-state index is 0.0831. The lowest BCUT2D eigenvalue weighted by Crippen LogP contribution is -2.48. The van der Waals surface area contributed by atoms with E-state index in [4.69, 9.17) is 23.2 Å². The molecule has 1 unspecified atom stereocenters. The van der Waals surface area contributed by atoms with Gasteiger partial charge in [0.1, 0.15) is 0 Å². The zero-order chi connectivity index (χ0) is 13.3. The summed E-state index contributed by atoms with van der Waals surface area (Å²) < 4.78 is 0.706. The van der Waals surface area contributed by atoms with E-state index in [1.165, 1.54) is 0 Å². The van der Waals surface area contributed by atoms with Crippen LogP contribution in [-0.2, 0) is 4.79 Å². The molecule has 0 saturated carbocycles. The second-order valence-electron chi connectivity index (χ2n) is 4.54. The summed E-state index contributed by atoms with van der Waals surface area (Å²) in [6.45, 7) is 2.75. The van der Waals surface area contributed by atoms with Crippen molar-refractivity contribution in [1.82, 2.24) is 5.32 Å². The molecule has 1 aromatic carbocycles. The van der Waals surface area contributed by atoms with Crippen LogP contribution < -0.4 is 10.6 Å². The van der Waals surface area contributed by atoms with Crippen LogP contribution in [0.4, 0.5) is 5.69 Å². The number of anilines is 1. The topological polar surface area (TPSA) is 41.1 Å². The lowest BCUT2D eigenvalue weighted by Gasteiger charge is -2.23. The third-order valence-corrected chi connectivity index (χ3v) is 4.92. The third kappa shape index (κ3) is 2.67. The molecule has 0 aromatic heterocycles. The summed E-state index contributed by atoms with van der Waals surface area (Å²) in [7, 11) is 0. The van der Waals surface area contributed by atoms with Gasteiger partial charge in [0, 0.05) is 4.47 Å². The zero-order valence-corrected chi connectivity index (χ0v) is 12.9. The van der Waals surface area contributed by atoms with Crippen LogP contribution in [0.5, 0.6) is 0 Å². The maximum atomic E-state index is 12.2. The van der Waals surface area contributed by atoms with Gasteiger partial charge in [-0.05, 0) is 54.4 Å². The smallest absolute Gasteiger partial charge is 0.244 e. The Morgan fingerprint density at radius 3 is 2.78 bits per heavy atom. The van der Waals surface area contributed by atoms with Crippen LogP contribution in [0.2, 0.25) is 10.0 Å². The van der Waals surface area contributed by atoms with Gasteiger partial charge >= 0.3 is 0 Å². The van der Waals surface area contributed by atoms with E-state index in [-0.39, 0.29) is 5.91 Å². The van der Waals surface area contributed by atoms with E-state index in [0.29, 0.717) is 20.2 Å². The molecule has 3 nitrogen and oxygen atoms in total. The van der Waals surface area contributed by atoms with E-state index >= 15 is 0 Å². The molecule has 6 heteroatoms. The number of hydrogen-bond donors (Lipinski definition) is 2. The Balaban J connectivity index is 2.19. The molecule has 0 spiro atoms. The molecule has 1 aliphatic heterocycles. The number of nitrogens with one attached hydrogen (secondary N) is 2. The molecule has 1 aromatic rings. The van der Waals surface area contributed by atoms with Crippen molar-refractivity contribution < 1.29 is 4.79 Å². The van der Waals surface area contributed by atoms with Gasteiger partial charge in [0.15, 0.2) is 0 Å². The first-order valence-electron chi connectivity index (χ1n) is 5.64. The van der Waals surface area contributed by atoms with E-state index in [0.717, 1.165) is 19.4 Å². The molecule has 2 N–H and O–H groups in total. The molecule has 1 fully saturated rings. The van der Waals surface area contributed by atoms with Crippen LogP contribution in [0.1, 0.15) is 19.8 Å². The lowest BCUT2D eigenvalue weighted by molar-refractivity contribution is -0.121. The highest BCUT2D eigenvalue weighted by molar-refractivity contribution is 9.10. The fourth-order valence-electron chi connectivity index (χ4n) is 1.97. The number of carbonyl (C=O) groups excluding carboxylic acids is 1. The molecule has 0 aliphatic carbocycles. The van der Waals surface area contributed by atoms with Crippen molar-refractivity contribution in [3.05, 3.63) is 26.7 Å². The van der Waals surface area contributed by atoms with Crippen LogP contribution in [0.25, 0.3) is 0 Å². The lowest BCUT2D eigenvalue weighted by atomic mass is 9.99. The Hall–Kier alpha value is -0.290. The van der Waals surface area contributed by atoms with Crippen LogP contribution >= 0.6 is 39.1 Å². The fourth-order valence-corrected chi connectivity index (χ4v) is 2.79. The summed E-state index contributed by atoms with van der Waals surface area (Å²) in [4.78, 5) is 12.2. The summed E-state index contributed by atoms with van der Waals surface area (Å²) in [6, 6.07) is 3.49. The highest BCUT2D eigenvalue weighted by Crippen LogP contribution is 2.36. The van der Waals surface area contributed by atoms with Crippen LogP contribution in [-0.4, -0.2) is 18.0 Å². The first-order chi connectivity index (χ1) is 8.44. The van der Waals surface area contributed by atoms with Crippen molar-refractivity contribution in [3.8, 4) is 0 Å². The molecule has 1 saturated heterocycles. The Kier molecular flexibility index (Phi) is 4.22. The van der Waals surface area contributed by atoms with E-state index in [2.05, 4.69) is 26.6 Å². The predicted octanol–water partition coefficient (Wildman–Crippen LogP) is 3.84. The third-order valence-electron chi connectivity index (χ3n) is 3.15. The molecule has 1 atom stereocenters. The second kappa shape index (κ2) is 5.37. The number of benzene rings is 1. The van der Waals surface area contributed by atoms with Gasteiger partial charge in [0.05, 0.1) is 21.3 Å². The standard InChI is InChI=1S/C12H13BrCl2N2O/c1-12(5-2-6-16-12)11(18)17-8-4-3-7(13)9(14)10(8)15/h3-4,16H,2,5-6H2,1H3,(H,17,18). The van der Waals surface area contributed by atoms with E-state index in [9.17, 15) is 4.79 Å². The molecule has 0 radical (unpaired) electrons. The Morgan fingerprint density at radius 1 is 1.44 bits per heavy atom. The SMILES string of the molecule is CC1(C(=O)Nc2ccc(Br)c(Cl)c2Cl)CCCN1. The molecule has 0 bridgehead atoms. The molecule has 1 heterocycles. The van der Waals surface area contributed by atoms with Crippen molar-refractivity contribution in [3.63, 3.8) is 0 Å². The Morgan fingerprint density at radius 2 is 2.17 bits per heavy atom. The van der Waals surface area contributed by atoms with E-state index in [1.807, 2.05) is 6.92 Å². The molecule has 98 valence electrons. The minimum atomic E-state index is -0.525. The van der Waals surface area contributed by atoms with Gasteiger partial charge in [-0.25, -0.2) is 0 Å². The summed E-state index contributed by atoms with van der Waals surface area (Å²) in [5.74, 6) is -0.0831. The molecular formula is C12H13BrCl2N2O. The Bertz CT molecular complexity index is 487. The highest BCUT2D eigenvalue weighted by atomic mass is 79.9. The maximum Gasteiger partial charge on any atom is 0.244 e. The number of hydrogen-bond acceptors (Lipinski definition) is 2. The van der Waals surface area contributed by atoms with Gasteiger partial charge in [-0.1, -0.05) is 23.2 Å². The molecular weight excluding hydrogens is 339 g/mol. The number of halogens is 3. The summed E-state index contributed by atoms with van der Waals surface area (Å²) in [5, 5.41) is 6.77. The largest absolute Gasteiger partial charge is 0.323 e. The van der Waals surface area contributed by atoms with Crippen molar-refractivity contribution in [2.45, 2.75) is 25.3 Å². The molecule has 18 heavy (non-hydrogen) atoms. The van der Waals surface area contributed by atoms with Gasteiger partial charge in [-0.15, -0.1) is 0 Å². The Labute approximate surface area is 124 Å². The van der Waals surface area contributed by atoms with Gasteiger partial charge in [-0.2, -0.15) is 0 Å². The number of rotatable bonds is 2. The second-order valence-corrected chi connectivity index (χ2v) is 6.15. The first-order valence-corrected chi connectivity index (χ1v) is 7.19. The van der Waals surface area contributed by atoms with Crippen molar-refractivity contribution >= 4 is 50.7 Å². The van der Waals surface area contributed by atoms with Gasteiger partial charge in [0.25, 0.3) is 0 Å². The van der Waals surface area contributed by atoms with Gasteiger partial charge in [0.2, 0.25) is 5.91 Å². The quantitative estimate of drug-likeness (QED) is 0.795. The first kappa shape index (κ1) is 14.1. The number of carbonyl (C=O) groups is 1. The minimum Gasteiger partial charge on any atom is -0.323 e. The monoisotopic (exact) mass is 350 g/mol. The summed E-state index contributed by atoms with van der Waals surface area (Å²) in [6.07, 6.45) is 1.82. The highest BCUT2D eigenvalue weighted by Gasteiger charge is 2.36. The van der Waals surface area contributed by atoms with E-state index in [1.54, 1.807) is 12.1 Å². The average molecular weight is 352 g/mol. The van der Waals surface area contributed by atoms with Crippen molar-refractivity contribution in [2.24, 2.45) is 0 Å². The van der Waals surface area contributed by atoms with E-state index < -0.39 is 5.54 Å². The van der Waals surface area contributed by atoms with Crippen molar-refractivity contribution in [2.75, 3.05) is 11.9 Å². The van der Waals surface area contributed by atoms with Crippen LogP contribution in [0, 0.1) is 0 Å². The zero-order valence-electron chi connectivity index (χ0n) is 9.82. The molecule has 1 aliphatic rings. The molecule has 1 amide bonds. The van der Waals surface area contributed by atoms with Crippen molar-refractivity contribution in [1.29, 1.82) is 0 Å². The number of amides is 1.